The standard InChI is InChI=1S/C16H17NO3/c1-8-6-11-7-13-9(2)12(4-5-17)16(18)20-15(13)10(3)14(11)19-8/h6-7H,4-5,17H2,1-3H3. The summed E-state index contributed by atoms with van der Waals surface area (Å²) in [7, 11) is 0. The van der Waals surface area contributed by atoms with Crippen LogP contribution in [0.5, 0.6) is 0 Å². The molecule has 3 aromatic rings. The van der Waals surface area contributed by atoms with Crippen molar-refractivity contribution in [2.24, 2.45) is 5.73 Å². The molecule has 0 spiro atoms. The third kappa shape index (κ3) is 1.76. The van der Waals surface area contributed by atoms with E-state index in [0.717, 1.165) is 33.2 Å². The van der Waals surface area contributed by atoms with Gasteiger partial charge in [0.2, 0.25) is 0 Å². The quantitative estimate of drug-likeness (QED) is 0.727. The zero-order valence-corrected chi connectivity index (χ0v) is 11.9. The molecule has 2 heterocycles. The molecule has 3 rings (SSSR count). The number of hydrogen-bond donors (Lipinski definition) is 1. The molecule has 0 radical (unpaired) electrons. The summed E-state index contributed by atoms with van der Waals surface area (Å²) in [5, 5.41) is 1.99. The molecule has 4 nitrogen and oxygen atoms in total. The lowest BCUT2D eigenvalue weighted by atomic mass is 10.0. The second-order valence-electron chi connectivity index (χ2n) is 5.19. The van der Waals surface area contributed by atoms with Crippen molar-refractivity contribution in [3.8, 4) is 0 Å². The predicted molar refractivity (Wildman–Crippen MR) is 79.2 cm³/mol. The molecular formula is C16H17NO3. The molecular weight excluding hydrogens is 254 g/mol. The summed E-state index contributed by atoms with van der Waals surface area (Å²) >= 11 is 0. The molecule has 4 heteroatoms. The summed E-state index contributed by atoms with van der Waals surface area (Å²) in [5.41, 5.74) is 9.14. The van der Waals surface area contributed by atoms with Gasteiger partial charge >= 0.3 is 5.63 Å². The fourth-order valence-corrected chi connectivity index (χ4v) is 2.77. The Morgan fingerprint density at radius 1 is 1.05 bits per heavy atom. The lowest BCUT2D eigenvalue weighted by Crippen LogP contribution is -2.15. The number of aryl methyl sites for hydroxylation is 3. The van der Waals surface area contributed by atoms with E-state index in [1.54, 1.807) is 0 Å². The van der Waals surface area contributed by atoms with Crippen molar-refractivity contribution in [2.45, 2.75) is 27.2 Å². The first-order valence-electron chi connectivity index (χ1n) is 6.69. The Hall–Kier alpha value is -2.07. The van der Waals surface area contributed by atoms with Crippen LogP contribution in [0.25, 0.3) is 21.9 Å². The maximum Gasteiger partial charge on any atom is 0.339 e. The Labute approximate surface area is 116 Å². The van der Waals surface area contributed by atoms with Gasteiger partial charge in [0.15, 0.2) is 0 Å². The van der Waals surface area contributed by atoms with Crippen molar-refractivity contribution in [1.82, 2.24) is 0 Å². The minimum absolute atomic E-state index is 0.300. The maximum absolute atomic E-state index is 12.1. The first-order chi connectivity index (χ1) is 9.52. The van der Waals surface area contributed by atoms with Gasteiger partial charge in [-0.1, -0.05) is 0 Å². The van der Waals surface area contributed by atoms with E-state index in [0.29, 0.717) is 24.1 Å². The lowest BCUT2D eigenvalue weighted by molar-refractivity contribution is 0.542. The predicted octanol–water partition coefficient (Wildman–Crippen LogP) is 2.97. The maximum atomic E-state index is 12.1. The van der Waals surface area contributed by atoms with Crippen LogP contribution in [0.15, 0.2) is 25.8 Å². The third-order valence-electron chi connectivity index (χ3n) is 3.80. The molecule has 0 aliphatic heterocycles. The van der Waals surface area contributed by atoms with Crippen LogP contribution in [-0.2, 0) is 6.42 Å². The second-order valence-corrected chi connectivity index (χ2v) is 5.19. The Bertz CT molecular complexity index is 871. The van der Waals surface area contributed by atoms with Crippen LogP contribution < -0.4 is 11.4 Å². The van der Waals surface area contributed by atoms with Crippen LogP contribution in [-0.4, -0.2) is 6.54 Å². The summed E-state index contributed by atoms with van der Waals surface area (Å²) in [6.07, 6.45) is 0.533. The average Bonchev–Trinajstić information content (AvgIpc) is 2.77. The van der Waals surface area contributed by atoms with Crippen molar-refractivity contribution in [2.75, 3.05) is 6.54 Å². The number of furan rings is 1. The molecule has 0 saturated heterocycles. The minimum atomic E-state index is -0.300. The Balaban J connectivity index is 2.48. The first-order valence-corrected chi connectivity index (χ1v) is 6.69. The summed E-state index contributed by atoms with van der Waals surface area (Å²) < 4.78 is 11.2. The van der Waals surface area contributed by atoms with E-state index < -0.39 is 0 Å². The molecule has 0 bridgehead atoms. The van der Waals surface area contributed by atoms with Gasteiger partial charge in [-0.25, -0.2) is 4.79 Å². The van der Waals surface area contributed by atoms with E-state index >= 15 is 0 Å². The fraction of sp³-hybridized carbons (Fsp3) is 0.312. The van der Waals surface area contributed by atoms with Gasteiger partial charge in [0.1, 0.15) is 16.9 Å². The molecule has 0 aliphatic carbocycles. The summed E-state index contributed by atoms with van der Waals surface area (Å²) in [4.78, 5) is 12.1. The molecule has 0 fully saturated rings. The molecule has 2 N–H and O–H groups in total. The summed E-state index contributed by atoms with van der Waals surface area (Å²) in [6.45, 7) is 6.21. The SMILES string of the molecule is Cc1cc2cc3c(C)c(CCN)c(=O)oc3c(C)c2o1. The Kier molecular flexibility index (Phi) is 2.91. The van der Waals surface area contributed by atoms with Gasteiger partial charge < -0.3 is 14.6 Å². The van der Waals surface area contributed by atoms with E-state index in [-0.39, 0.29) is 5.63 Å². The minimum Gasteiger partial charge on any atom is -0.461 e. The van der Waals surface area contributed by atoms with E-state index in [4.69, 9.17) is 14.6 Å². The topological polar surface area (TPSA) is 69.4 Å². The summed E-state index contributed by atoms with van der Waals surface area (Å²) in [5.74, 6) is 0.848. The van der Waals surface area contributed by atoms with Gasteiger partial charge in [0, 0.05) is 21.9 Å². The van der Waals surface area contributed by atoms with Crippen LogP contribution >= 0.6 is 0 Å². The molecule has 0 atom stereocenters. The Morgan fingerprint density at radius 3 is 2.50 bits per heavy atom. The normalized spacial score (nSPS) is 11.6. The molecule has 104 valence electrons. The number of hydrogen-bond acceptors (Lipinski definition) is 4. The third-order valence-corrected chi connectivity index (χ3v) is 3.80. The molecule has 0 amide bonds. The lowest BCUT2D eigenvalue weighted by Gasteiger charge is -2.08. The smallest absolute Gasteiger partial charge is 0.339 e. The molecule has 20 heavy (non-hydrogen) atoms. The van der Waals surface area contributed by atoms with Crippen molar-refractivity contribution >= 4 is 21.9 Å². The zero-order valence-electron chi connectivity index (χ0n) is 11.9. The van der Waals surface area contributed by atoms with Crippen LogP contribution in [0.3, 0.4) is 0 Å². The van der Waals surface area contributed by atoms with E-state index in [1.807, 2.05) is 32.9 Å². The monoisotopic (exact) mass is 271 g/mol. The highest BCUT2D eigenvalue weighted by Gasteiger charge is 2.16. The zero-order chi connectivity index (χ0) is 14.4. The van der Waals surface area contributed by atoms with Crippen LogP contribution in [0, 0.1) is 20.8 Å². The van der Waals surface area contributed by atoms with Gasteiger partial charge in [-0.05, 0) is 51.4 Å². The second kappa shape index (κ2) is 4.49. The van der Waals surface area contributed by atoms with Gasteiger partial charge in [-0.3, -0.25) is 0 Å². The molecule has 0 unspecified atom stereocenters. The number of rotatable bonds is 2. The van der Waals surface area contributed by atoms with E-state index in [2.05, 4.69) is 0 Å². The summed E-state index contributed by atoms with van der Waals surface area (Å²) in [6, 6.07) is 4.02. The molecule has 1 aromatic carbocycles. The van der Waals surface area contributed by atoms with Gasteiger partial charge in [0.05, 0.1) is 0 Å². The highest BCUT2D eigenvalue weighted by molar-refractivity contribution is 5.98. The highest BCUT2D eigenvalue weighted by Crippen LogP contribution is 2.31. The number of nitrogens with two attached hydrogens (primary N) is 1. The molecule has 0 saturated carbocycles. The van der Waals surface area contributed by atoms with Gasteiger partial charge in [-0.2, -0.15) is 0 Å². The highest BCUT2D eigenvalue weighted by atomic mass is 16.4. The Morgan fingerprint density at radius 2 is 1.80 bits per heavy atom. The van der Waals surface area contributed by atoms with Crippen LogP contribution in [0.4, 0.5) is 0 Å². The van der Waals surface area contributed by atoms with Crippen LogP contribution in [0.1, 0.15) is 22.5 Å². The largest absolute Gasteiger partial charge is 0.461 e. The van der Waals surface area contributed by atoms with Crippen molar-refractivity contribution in [3.63, 3.8) is 0 Å². The van der Waals surface area contributed by atoms with E-state index in [1.165, 1.54) is 0 Å². The van der Waals surface area contributed by atoms with Gasteiger partial charge in [0.25, 0.3) is 0 Å². The fourth-order valence-electron chi connectivity index (χ4n) is 2.77. The van der Waals surface area contributed by atoms with Crippen molar-refractivity contribution < 1.29 is 8.83 Å². The number of benzene rings is 1. The average molecular weight is 271 g/mol. The van der Waals surface area contributed by atoms with Crippen LogP contribution in [0.2, 0.25) is 0 Å². The first kappa shape index (κ1) is 12.9. The molecule has 2 aromatic heterocycles. The van der Waals surface area contributed by atoms with Crippen molar-refractivity contribution in [1.29, 1.82) is 0 Å². The molecule has 0 aliphatic rings. The van der Waals surface area contributed by atoms with E-state index in [9.17, 15) is 4.79 Å². The number of fused-ring (bicyclic) bond motifs is 2. The van der Waals surface area contributed by atoms with Crippen molar-refractivity contribution in [3.05, 3.63) is 45.0 Å². The van der Waals surface area contributed by atoms with Gasteiger partial charge in [-0.15, -0.1) is 0 Å².